The minimum atomic E-state index is -4.38. The SMILES string of the molecule is COc1c([C@@H]2C[C@H]2CN)cccc1C(F)(F)F. The highest BCUT2D eigenvalue weighted by Crippen LogP contribution is 2.52. The molecule has 2 rings (SSSR count). The van der Waals surface area contributed by atoms with E-state index in [9.17, 15) is 13.2 Å². The highest BCUT2D eigenvalue weighted by molar-refractivity contribution is 5.47. The molecule has 0 heterocycles. The van der Waals surface area contributed by atoms with Crippen molar-refractivity contribution in [2.75, 3.05) is 13.7 Å². The Morgan fingerprint density at radius 3 is 2.59 bits per heavy atom. The van der Waals surface area contributed by atoms with Crippen LogP contribution in [0.25, 0.3) is 0 Å². The summed E-state index contributed by atoms with van der Waals surface area (Å²) in [5, 5.41) is 0. The molecule has 0 amide bonds. The molecule has 0 spiro atoms. The quantitative estimate of drug-likeness (QED) is 0.888. The first-order valence-electron chi connectivity index (χ1n) is 5.43. The zero-order valence-electron chi connectivity index (χ0n) is 9.42. The highest BCUT2D eigenvalue weighted by Gasteiger charge is 2.42. The van der Waals surface area contributed by atoms with Gasteiger partial charge >= 0.3 is 6.18 Å². The van der Waals surface area contributed by atoms with Crippen LogP contribution in [0, 0.1) is 5.92 Å². The van der Waals surface area contributed by atoms with Crippen molar-refractivity contribution in [1.29, 1.82) is 0 Å². The molecule has 1 saturated carbocycles. The molecule has 94 valence electrons. The van der Waals surface area contributed by atoms with Crippen molar-refractivity contribution >= 4 is 0 Å². The Bertz CT molecular complexity index is 417. The van der Waals surface area contributed by atoms with Gasteiger partial charge in [-0.15, -0.1) is 0 Å². The minimum Gasteiger partial charge on any atom is -0.496 e. The Labute approximate surface area is 97.6 Å². The summed E-state index contributed by atoms with van der Waals surface area (Å²) in [6.07, 6.45) is -3.54. The van der Waals surface area contributed by atoms with E-state index in [4.69, 9.17) is 10.5 Å². The first kappa shape index (κ1) is 12.2. The van der Waals surface area contributed by atoms with Gasteiger partial charge in [-0.05, 0) is 36.4 Å². The van der Waals surface area contributed by atoms with E-state index in [0.717, 1.165) is 12.5 Å². The number of para-hydroxylation sites is 1. The fraction of sp³-hybridized carbons (Fsp3) is 0.500. The summed E-state index contributed by atoms with van der Waals surface area (Å²) in [4.78, 5) is 0. The van der Waals surface area contributed by atoms with Crippen molar-refractivity contribution in [3.8, 4) is 5.75 Å². The van der Waals surface area contributed by atoms with Crippen molar-refractivity contribution in [2.24, 2.45) is 11.7 Å². The summed E-state index contributed by atoms with van der Waals surface area (Å²) in [6.45, 7) is 0.504. The molecule has 0 bridgehead atoms. The Balaban J connectivity index is 2.40. The number of nitrogens with two attached hydrogens (primary N) is 1. The van der Waals surface area contributed by atoms with Gasteiger partial charge in [-0.2, -0.15) is 13.2 Å². The summed E-state index contributed by atoms with van der Waals surface area (Å²) in [6, 6.07) is 4.16. The third kappa shape index (κ3) is 2.24. The van der Waals surface area contributed by atoms with Crippen LogP contribution >= 0.6 is 0 Å². The Hall–Kier alpha value is -1.23. The number of alkyl halides is 3. The van der Waals surface area contributed by atoms with Gasteiger partial charge in [0.05, 0.1) is 12.7 Å². The fourth-order valence-electron chi connectivity index (χ4n) is 2.19. The molecular weight excluding hydrogens is 231 g/mol. The molecule has 0 unspecified atom stereocenters. The molecule has 1 aromatic rings. The Morgan fingerprint density at radius 1 is 1.41 bits per heavy atom. The number of ether oxygens (including phenoxy) is 1. The first-order valence-corrected chi connectivity index (χ1v) is 5.43. The molecule has 17 heavy (non-hydrogen) atoms. The molecule has 0 radical (unpaired) electrons. The van der Waals surface area contributed by atoms with Crippen LogP contribution in [0.2, 0.25) is 0 Å². The average Bonchev–Trinajstić information content (AvgIpc) is 3.05. The van der Waals surface area contributed by atoms with Crippen molar-refractivity contribution in [1.82, 2.24) is 0 Å². The molecule has 0 aromatic heterocycles. The molecule has 1 fully saturated rings. The van der Waals surface area contributed by atoms with Gasteiger partial charge in [-0.25, -0.2) is 0 Å². The van der Waals surface area contributed by atoms with Crippen molar-refractivity contribution in [3.05, 3.63) is 29.3 Å². The summed E-state index contributed by atoms with van der Waals surface area (Å²) >= 11 is 0. The second-order valence-electron chi connectivity index (χ2n) is 4.26. The largest absolute Gasteiger partial charge is 0.496 e. The monoisotopic (exact) mass is 245 g/mol. The zero-order chi connectivity index (χ0) is 12.6. The summed E-state index contributed by atoms with van der Waals surface area (Å²) < 4.78 is 43.3. The van der Waals surface area contributed by atoms with E-state index in [1.54, 1.807) is 6.07 Å². The normalized spacial score (nSPS) is 23.6. The van der Waals surface area contributed by atoms with E-state index in [1.807, 2.05) is 0 Å². The number of benzene rings is 1. The second kappa shape index (κ2) is 4.22. The topological polar surface area (TPSA) is 35.2 Å². The van der Waals surface area contributed by atoms with E-state index >= 15 is 0 Å². The van der Waals surface area contributed by atoms with Gasteiger partial charge in [0.25, 0.3) is 0 Å². The molecule has 5 heteroatoms. The van der Waals surface area contributed by atoms with E-state index in [2.05, 4.69) is 0 Å². The molecule has 1 aliphatic rings. The number of rotatable bonds is 3. The van der Waals surface area contributed by atoms with Crippen LogP contribution in [-0.4, -0.2) is 13.7 Å². The molecule has 1 aromatic carbocycles. The molecule has 1 aliphatic carbocycles. The van der Waals surface area contributed by atoms with E-state index in [-0.39, 0.29) is 17.6 Å². The van der Waals surface area contributed by atoms with E-state index in [0.29, 0.717) is 12.1 Å². The summed E-state index contributed by atoms with van der Waals surface area (Å²) in [5.41, 5.74) is 5.43. The number of hydrogen-bond donors (Lipinski definition) is 1. The maximum absolute atomic E-state index is 12.8. The third-order valence-electron chi connectivity index (χ3n) is 3.18. The van der Waals surface area contributed by atoms with E-state index < -0.39 is 11.7 Å². The maximum atomic E-state index is 12.8. The lowest BCUT2D eigenvalue weighted by Gasteiger charge is -2.15. The molecule has 0 aliphatic heterocycles. The average molecular weight is 245 g/mol. The van der Waals surface area contributed by atoms with Crippen LogP contribution < -0.4 is 10.5 Å². The van der Waals surface area contributed by atoms with Crippen LogP contribution in [0.3, 0.4) is 0 Å². The first-order chi connectivity index (χ1) is 7.99. The molecule has 2 N–H and O–H groups in total. The number of methoxy groups -OCH3 is 1. The highest BCUT2D eigenvalue weighted by atomic mass is 19.4. The van der Waals surface area contributed by atoms with Crippen LogP contribution in [0.4, 0.5) is 13.2 Å². The molecule has 2 nitrogen and oxygen atoms in total. The van der Waals surface area contributed by atoms with Gasteiger partial charge in [-0.1, -0.05) is 12.1 Å². The van der Waals surface area contributed by atoms with Gasteiger partial charge in [0, 0.05) is 0 Å². The second-order valence-corrected chi connectivity index (χ2v) is 4.26. The van der Waals surface area contributed by atoms with Gasteiger partial charge in [0.15, 0.2) is 0 Å². The fourth-order valence-corrected chi connectivity index (χ4v) is 2.19. The number of hydrogen-bond acceptors (Lipinski definition) is 2. The van der Waals surface area contributed by atoms with Crippen molar-refractivity contribution < 1.29 is 17.9 Å². The number of halogens is 3. The third-order valence-corrected chi connectivity index (χ3v) is 3.18. The van der Waals surface area contributed by atoms with Crippen LogP contribution in [-0.2, 0) is 6.18 Å². The Morgan fingerprint density at radius 2 is 2.12 bits per heavy atom. The van der Waals surface area contributed by atoms with Gasteiger partial charge in [0.2, 0.25) is 0 Å². The molecular formula is C12H14F3NO. The van der Waals surface area contributed by atoms with Crippen molar-refractivity contribution in [2.45, 2.75) is 18.5 Å². The Kier molecular flexibility index (Phi) is 3.03. The van der Waals surface area contributed by atoms with Crippen LogP contribution in [0.15, 0.2) is 18.2 Å². The predicted octanol–water partition coefficient (Wildman–Crippen LogP) is 2.78. The zero-order valence-corrected chi connectivity index (χ0v) is 9.42. The summed E-state index contributed by atoms with van der Waals surface area (Å²) in [7, 11) is 1.27. The van der Waals surface area contributed by atoms with Gasteiger partial charge in [0.1, 0.15) is 5.75 Å². The van der Waals surface area contributed by atoms with Gasteiger partial charge in [-0.3, -0.25) is 0 Å². The maximum Gasteiger partial charge on any atom is 0.419 e. The minimum absolute atomic E-state index is 0.0547. The lowest BCUT2D eigenvalue weighted by Crippen LogP contribution is -2.09. The molecule has 2 atom stereocenters. The van der Waals surface area contributed by atoms with Crippen LogP contribution in [0.5, 0.6) is 5.75 Å². The standard InChI is InChI=1S/C12H14F3NO/c1-17-11-8(9-5-7(9)6-16)3-2-4-10(11)12(13,14)15/h2-4,7,9H,5-6,16H2,1H3/t7-,9+/m0/s1. The molecule has 0 saturated heterocycles. The summed E-state index contributed by atoms with van der Waals surface area (Å²) in [5.74, 6) is 0.339. The van der Waals surface area contributed by atoms with Gasteiger partial charge < -0.3 is 10.5 Å². The van der Waals surface area contributed by atoms with Crippen molar-refractivity contribution in [3.63, 3.8) is 0 Å². The lowest BCUT2D eigenvalue weighted by molar-refractivity contribution is -0.138. The smallest absolute Gasteiger partial charge is 0.419 e. The lowest BCUT2D eigenvalue weighted by atomic mass is 10.0. The predicted molar refractivity (Wildman–Crippen MR) is 57.9 cm³/mol. The van der Waals surface area contributed by atoms with Crippen LogP contribution in [0.1, 0.15) is 23.5 Å². The van der Waals surface area contributed by atoms with E-state index in [1.165, 1.54) is 13.2 Å².